The number of thiol groups is 1. The minimum atomic E-state index is -1.36. The molecule has 0 aromatic carbocycles. The van der Waals surface area contributed by atoms with Crippen molar-refractivity contribution in [3.8, 4) is 0 Å². The molecule has 1 atom stereocenters. The maximum Gasteiger partial charge on any atom is 0.189 e. The van der Waals surface area contributed by atoms with E-state index in [1.165, 1.54) is 18.5 Å². The second-order valence-corrected chi connectivity index (χ2v) is 9.18. The highest BCUT2D eigenvalue weighted by Gasteiger charge is 2.25. The number of rotatable bonds is 7. The van der Waals surface area contributed by atoms with E-state index in [2.05, 4.69) is 39.9 Å². The van der Waals surface area contributed by atoms with Crippen molar-refractivity contribution < 1.29 is 4.43 Å². The summed E-state index contributed by atoms with van der Waals surface area (Å²) in [7, 11) is -1.36. The van der Waals surface area contributed by atoms with Crippen molar-refractivity contribution in [3.05, 3.63) is 0 Å². The van der Waals surface area contributed by atoms with Crippen LogP contribution in [0.5, 0.6) is 0 Å². The van der Waals surface area contributed by atoms with E-state index in [-0.39, 0.29) is 0 Å². The highest BCUT2D eigenvalue weighted by Crippen LogP contribution is 2.20. The SMILES string of the molecule is CC[Si](C)(CCCS)OCC(C)C. The minimum absolute atomic E-state index is 0.661. The summed E-state index contributed by atoms with van der Waals surface area (Å²) in [5.41, 5.74) is 0. The van der Waals surface area contributed by atoms with Gasteiger partial charge in [-0.05, 0) is 36.7 Å². The van der Waals surface area contributed by atoms with Gasteiger partial charge in [-0.3, -0.25) is 0 Å². The topological polar surface area (TPSA) is 9.23 Å². The molecular formula is C10H24OSSi. The van der Waals surface area contributed by atoms with Gasteiger partial charge < -0.3 is 4.43 Å². The van der Waals surface area contributed by atoms with E-state index < -0.39 is 8.32 Å². The molecule has 13 heavy (non-hydrogen) atoms. The van der Waals surface area contributed by atoms with Gasteiger partial charge in [0.05, 0.1) is 0 Å². The molecule has 0 aromatic rings. The van der Waals surface area contributed by atoms with Gasteiger partial charge in [0, 0.05) is 6.61 Å². The van der Waals surface area contributed by atoms with E-state index >= 15 is 0 Å². The summed E-state index contributed by atoms with van der Waals surface area (Å²) in [6.45, 7) is 9.96. The monoisotopic (exact) mass is 220 g/mol. The van der Waals surface area contributed by atoms with Crippen LogP contribution in [0.3, 0.4) is 0 Å². The van der Waals surface area contributed by atoms with E-state index in [0.717, 1.165) is 12.4 Å². The number of hydrogen-bond acceptors (Lipinski definition) is 2. The molecule has 1 unspecified atom stereocenters. The van der Waals surface area contributed by atoms with Crippen molar-refractivity contribution in [3.63, 3.8) is 0 Å². The van der Waals surface area contributed by atoms with E-state index in [1.807, 2.05) is 0 Å². The predicted molar refractivity (Wildman–Crippen MR) is 66.2 cm³/mol. The molecule has 0 heterocycles. The van der Waals surface area contributed by atoms with Gasteiger partial charge in [-0.15, -0.1) is 0 Å². The van der Waals surface area contributed by atoms with Crippen LogP contribution in [0.1, 0.15) is 27.2 Å². The molecule has 0 N–H and O–H groups in total. The third kappa shape index (κ3) is 6.58. The van der Waals surface area contributed by atoms with Gasteiger partial charge in [0.2, 0.25) is 0 Å². The lowest BCUT2D eigenvalue weighted by atomic mass is 10.2. The van der Waals surface area contributed by atoms with Crippen molar-refractivity contribution in [2.75, 3.05) is 12.4 Å². The first-order valence-electron chi connectivity index (χ1n) is 5.29. The van der Waals surface area contributed by atoms with Crippen molar-refractivity contribution in [2.24, 2.45) is 5.92 Å². The van der Waals surface area contributed by atoms with Gasteiger partial charge in [0.15, 0.2) is 8.32 Å². The van der Waals surface area contributed by atoms with Gasteiger partial charge in [-0.1, -0.05) is 20.8 Å². The fraction of sp³-hybridized carbons (Fsp3) is 1.00. The Bertz CT molecular complexity index is 130. The molecule has 1 nitrogen and oxygen atoms in total. The quantitative estimate of drug-likeness (QED) is 0.510. The molecule has 0 aliphatic heterocycles. The van der Waals surface area contributed by atoms with Crippen molar-refractivity contribution in [1.29, 1.82) is 0 Å². The van der Waals surface area contributed by atoms with Crippen molar-refractivity contribution in [2.45, 2.75) is 45.8 Å². The molecule has 0 aliphatic carbocycles. The summed E-state index contributed by atoms with van der Waals surface area (Å²) >= 11 is 4.25. The number of hydrogen-bond donors (Lipinski definition) is 1. The van der Waals surface area contributed by atoms with Gasteiger partial charge in [-0.2, -0.15) is 12.6 Å². The summed E-state index contributed by atoms with van der Waals surface area (Å²) in [6.07, 6.45) is 1.21. The maximum absolute atomic E-state index is 6.05. The van der Waals surface area contributed by atoms with Crippen molar-refractivity contribution >= 4 is 20.9 Å². The van der Waals surface area contributed by atoms with Crippen LogP contribution in [0, 0.1) is 5.92 Å². The zero-order chi connectivity index (χ0) is 10.3. The van der Waals surface area contributed by atoms with Crippen LogP contribution in [0.15, 0.2) is 0 Å². The van der Waals surface area contributed by atoms with Crippen LogP contribution in [0.2, 0.25) is 18.6 Å². The Kier molecular flexibility index (Phi) is 7.18. The largest absolute Gasteiger partial charge is 0.417 e. The molecule has 0 fully saturated rings. The summed E-state index contributed by atoms with van der Waals surface area (Å²) in [5, 5.41) is 0. The molecule has 0 rings (SSSR count). The molecule has 0 bridgehead atoms. The summed E-state index contributed by atoms with van der Waals surface area (Å²) in [5.74, 6) is 1.66. The van der Waals surface area contributed by atoms with E-state index in [0.29, 0.717) is 5.92 Å². The normalized spacial score (nSPS) is 16.2. The molecule has 0 aliphatic rings. The average Bonchev–Trinajstić information content (AvgIpc) is 2.11. The van der Waals surface area contributed by atoms with Crippen LogP contribution < -0.4 is 0 Å². The predicted octanol–water partition coefficient (Wildman–Crippen LogP) is 3.57. The lowest BCUT2D eigenvalue weighted by Crippen LogP contribution is -2.34. The van der Waals surface area contributed by atoms with Crippen LogP contribution in [-0.2, 0) is 4.43 Å². The zero-order valence-corrected chi connectivity index (χ0v) is 11.4. The zero-order valence-electron chi connectivity index (χ0n) is 9.47. The maximum atomic E-state index is 6.05. The molecule has 0 aromatic heterocycles. The Hall–Kier alpha value is 0.527. The summed E-state index contributed by atoms with van der Waals surface area (Å²) in [6, 6.07) is 2.49. The first-order valence-corrected chi connectivity index (χ1v) is 8.74. The highest BCUT2D eigenvalue weighted by molar-refractivity contribution is 7.80. The van der Waals surface area contributed by atoms with Crippen LogP contribution >= 0.6 is 12.6 Å². The van der Waals surface area contributed by atoms with Crippen molar-refractivity contribution in [1.82, 2.24) is 0 Å². The van der Waals surface area contributed by atoms with E-state index in [4.69, 9.17) is 4.43 Å². The fourth-order valence-corrected chi connectivity index (χ4v) is 3.99. The van der Waals surface area contributed by atoms with E-state index in [1.54, 1.807) is 0 Å². The molecule has 80 valence electrons. The van der Waals surface area contributed by atoms with Gasteiger partial charge in [-0.25, -0.2) is 0 Å². The molecular weight excluding hydrogens is 196 g/mol. The second-order valence-electron chi connectivity index (χ2n) is 4.34. The molecule has 0 amide bonds. The molecule has 0 saturated carbocycles. The Morgan fingerprint density at radius 1 is 1.38 bits per heavy atom. The third-order valence-electron chi connectivity index (χ3n) is 2.38. The second kappa shape index (κ2) is 6.90. The fourth-order valence-electron chi connectivity index (χ4n) is 1.17. The van der Waals surface area contributed by atoms with Crippen LogP contribution in [0.4, 0.5) is 0 Å². The lowest BCUT2D eigenvalue weighted by Gasteiger charge is -2.27. The molecule has 0 saturated heterocycles. The standard InChI is InChI=1S/C10H24OSSi/c1-5-13(4,8-6-7-12)11-9-10(2)3/h10,12H,5-9H2,1-4H3. The smallest absolute Gasteiger partial charge is 0.189 e. The molecule has 0 radical (unpaired) electrons. The lowest BCUT2D eigenvalue weighted by molar-refractivity contribution is 0.257. The summed E-state index contributed by atoms with van der Waals surface area (Å²) in [4.78, 5) is 0. The van der Waals surface area contributed by atoms with Crippen LogP contribution in [-0.4, -0.2) is 20.7 Å². The average molecular weight is 220 g/mol. The Morgan fingerprint density at radius 3 is 2.38 bits per heavy atom. The minimum Gasteiger partial charge on any atom is -0.417 e. The Labute approximate surface area is 89.8 Å². The molecule has 0 spiro atoms. The van der Waals surface area contributed by atoms with Crippen LogP contribution in [0.25, 0.3) is 0 Å². The van der Waals surface area contributed by atoms with E-state index in [9.17, 15) is 0 Å². The Balaban J connectivity index is 3.81. The molecule has 3 heteroatoms. The van der Waals surface area contributed by atoms with Gasteiger partial charge in [0.1, 0.15) is 0 Å². The Morgan fingerprint density at radius 2 is 2.00 bits per heavy atom. The first-order chi connectivity index (χ1) is 6.04. The van der Waals surface area contributed by atoms with Gasteiger partial charge in [0.25, 0.3) is 0 Å². The third-order valence-corrected chi connectivity index (χ3v) is 6.46. The van der Waals surface area contributed by atoms with Gasteiger partial charge >= 0.3 is 0 Å². The highest BCUT2D eigenvalue weighted by atomic mass is 32.1. The summed E-state index contributed by atoms with van der Waals surface area (Å²) < 4.78 is 6.05. The first kappa shape index (κ1) is 13.5.